The predicted octanol–water partition coefficient (Wildman–Crippen LogP) is 1.44. The van der Waals surface area contributed by atoms with Gasteiger partial charge in [-0.25, -0.2) is 0 Å². The first kappa shape index (κ1) is 20.9. The van der Waals surface area contributed by atoms with Gasteiger partial charge in [0, 0.05) is 45.8 Å². The number of piperazine rings is 1. The molecule has 0 aromatic rings. The third-order valence-corrected chi connectivity index (χ3v) is 3.74. The minimum atomic E-state index is 0. The molecular formula is C15H34IN5. The van der Waals surface area contributed by atoms with Crippen molar-refractivity contribution < 1.29 is 0 Å². The Kier molecular flexibility index (Phi) is 11.4. The molecule has 1 heterocycles. The van der Waals surface area contributed by atoms with Gasteiger partial charge in [-0.1, -0.05) is 27.7 Å². The van der Waals surface area contributed by atoms with E-state index < -0.39 is 0 Å². The first-order valence-corrected chi connectivity index (χ1v) is 7.99. The van der Waals surface area contributed by atoms with Crippen molar-refractivity contribution in [3.63, 3.8) is 0 Å². The summed E-state index contributed by atoms with van der Waals surface area (Å²) in [5.41, 5.74) is 5.86. The molecule has 1 unspecified atom stereocenters. The van der Waals surface area contributed by atoms with Gasteiger partial charge in [0.05, 0.1) is 0 Å². The summed E-state index contributed by atoms with van der Waals surface area (Å²) >= 11 is 0. The Morgan fingerprint density at radius 3 is 2.24 bits per heavy atom. The number of nitrogens with two attached hydrogens (primary N) is 1. The quantitative estimate of drug-likeness (QED) is 0.378. The van der Waals surface area contributed by atoms with E-state index in [4.69, 9.17) is 5.73 Å². The van der Waals surface area contributed by atoms with Crippen molar-refractivity contribution in [1.29, 1.82) is 0 Å². The molecule has 3 N–H and O–H groups in total. The number of hydrogen-bond donors (Lipinski definition) is 2. The Morgan fingerprint density at radius 1 is 1.14 bits per heavy atom. The van der Waals surface area contributed by atoms with Crippen LogP contribution in [-0.2, 0) is 0 Å². The first-order chi connectivity index (χ1) is 9.51. The standard InChI is InChI=1S/C15H33N5.HI/c1-5-19-6-8-20(9-7-19)12-14(4)11-18-15(16)17-10-13(2)3;/h13-14H,5-12H2,1-4H3,(H3,16,17,18);1H. The third-order valence-electron chi connectivity index (χ3n) is 3.74. The lowest BCUT2D eigenvalue weighted by atomic mass is 10.1. The third kappa shape index (κ3) is 9.52. The van der Waals surface area contributed by atoms with Gasteiger partial charge in [0.2, 0.25) is 0 Å². The van der Waals surface area contributed by atoms with Crippen molar-refractivity contribution in [3.8, 4) is 0 Å². The Hall–Kier alpha value is -0.0800. The van der Waals surface area contributed by atoms with Crippen molar-refractivity contribution in [2.45, 2.75) is 27.7 Å². The SMILES string of the molecule is CCN1CCN(CC(C)CNC(N)=NCC(C)C)CC1.I. The molecule has 126 valence electrons. The monoisotopic (exact) mass is 411 g/mol. The normalized spacial score (nSPS) is 19.4. The van der Waals surface area contributed by atoms with Crippen LogP contribution in [0.1, 0.15) is 27.7 Å². The maximum Gasteiger partial charge on any atom is 0.188 e. The smallest absolute Gasteiger partial charge is 0.188 e. The highest BCUT2D eigenvalue weighted by atomic mass is 127. The van der Waals surface area contributed by atoms with Crippen molar-refractivity contribution in [1.82, 2.24) is 15.1 Å². The van der Waals surface area contributed by atoms with E-state index in [-0.39, 0.29) is 24.0 Å². The van der Waals surface area contributed by atoms with Gasteiger partial charge in [0.1, 0.15) is 0 Å². The molecule has 0 saturated carbocycles. The summed E-state index contributed by atoms with van der Waals surface area (Å²) in [6.45, 7) is 17.6. The average molecular weight is 411 g/mol. The predicted molar refractivity (Wildman–Crippen MR) is 102 cm³/mol. The number of hydrogen-bond acceptors (Lipinski definition) is 3. The lowest BCUT2D eigenvalue weighted by Crippen LogP contribution is -2.48. The largest absolute Gasteiger partial charge is 0.370 e. The molecule has 1 saturated heterocycles. The number of rotatable bonds is 7. The Labute approximate surface area is 147 Å². The van der Waals surface area contributed by atoms with Crippen LogP contribution >= 0.6 is 24.0 Å². The number of guanidine groups is 1. The van der Waals surface area contributed by atoms with E-state index in [0.29, 0.717) is 17.8 Å². The second-order valence-electron chi connectivity index (χ2n) is 6.34. The topological polar surface area (TPSA) is 56.9 Å². The molecule has 0 spiro atoms. The molecule has 0 aromatic carbocycles. The number of nitrogens with one attached hydrogen (secondary N) is 1. The van der Waals surface area contributed by atoms with Crippen LogP contribution < -0.4 is 11.1 Å². The zero-order chi connectivity index (χ0) is 15.0. The van der Waals surface area contributed by atoms with Crippen LogP contribution in [0, 0.1) is 11.8 Å². The van der Waals surface area contributed by atoms with E-state index in [1.54, 1.807) is 0 Å². The van der Waals surface area contributed by atoms with Crippen molar-refractivity contribution in [2.24, 2.45) is 22.6 Å². The molecule has 0 radical (unpaired) electrons. The van der Waals surface area contributed by atoms with Crippen LogP contribution in [0.5, 0.6) is 0 Å². The van der Waals surface area contributed by atoms with Crippen molar-refractivity contribution in [2.75, 3.05) is 52.4 Å². The Bertz CT molecular complexity index is 288. The molecule has 1 fully saturated rings. The second kappa shape index (κ2) is 11.5. The van der Waals surface area contributed by atoms with Gasteiger partial charge in [0.25, 0.3) is 0 Å². The molecule has 5 nitrogen and oxygen atoms in total. The zero-order valence-electron chi connectivity index (χ0n) is 14.1. The van der Waals surface area contributed by atoms with E-state index in [2.05, 4.69) is 47.8 Å². The molecule has 1 rings (SSSR count). The maximum absolute atomic E-state index is 5.86. The highest BCUT2D eigenvalue weighted by Gasteiger charge is 2.17. The highest BCUT2D eigenvalue weighted by Crippen LogP contribution is 2.04. The summed E-state index contributed by atoms with van der Waals surface area (Å²) in [6, 6.07) is 0. The Morgan fingerprint density at radius 2 is 1.71 bits per heavy atom. The molecule has 21 heavy (non-hydrogen) atoms. The molecule has 0 bridgehead atoms. The van der Waals surface area contributed by atoms with Crippen molar-refractivity contribution >= 4 is 29.9 Å². The maximum atomic E-state index is 5.86. The first-order valence-electron chi connectivity index (χ1n) is 7.99. The number of halogens is 1. The van der Waals surface area contributed by atoms with Gasteiger partial charge in [-0.3, -0.25) is 4.99 Å². The fourth-order valence-corrected chi connectivity index (χ4v) is 2.41. The highest BCUT2D eigenvalue weighted by molar-refractivity contribution is 14.0. The van der Waals surface area contributed by atoms with Crippen LogP contribution in [-0.4, -0.2) is 68.1 Å². The van der Waals surface area contributed by atoms with Gasteiger partial charge in [0.15, 0.2) is 5.96 Å². The van der Waals surface area contributed by atoms with Gasteiger partial charge < -0.3 is 20.9 Å². The van der Waals surface area contributed by atoms with E-state index in [1.807, 2.05) is 0 Å². The fourth-order valence-electron chi connectivity index (χ4n) is 2.41. The average Bonchev–Trinajstić information content (AvgIpc) is 2.43. The lowest BCUT2D eigenvalue weighted by molar-refractivity contribution is 0.124. The number of likely N-dealkylation sites (N-methyl/N-ethyl adjacent to an activating group) is 1. The summed E-state index contributed by atoms with van der Waals surface area (Å²) in [7, 11) is 0. The summed E-state index contributed by atoms with van der Waals surface area (Å²) in [4.78, 5) is 9.39. The summed E-state index contributed by atoms with van der Waals surface area (Å²) in [6.07, 6.45) is 0. The zero-order valence-corrected chi connectivity index (χ0v) is 16.5. The summed E-state index contributed by atoms with van der Waals surface area (Å²) < 4.78 is 0. The summed E-state index contributed by atoms with van der Waals surface area (Å²) in [5, 5.41) is 3.24. The van der Waals surface area contributed by atoms with Gasteiger partial charge in [-0.15, -0.1) is 24.0 Å². The summed E-state index contributed by atoms with van der Waals surface area (Å²) in [5.74, 6) is 1.74. The molecule has 0 aliphatic carbocycles. The van der Waals surface area contributed by atoms with E-state index in [1.165, 1.54) is 32.7 Å². The van der Waals surface area contributed by atoms with Crippen LogP contribution in [0.3, 0.4) is 0 Å². The second-order valence-corrected chi connectivity index (χ2v) is 6.34. The van der Waals surface area contributed by atoms with E-state index in [9.17, 15) is 0 Å². The molecule has 0 aromatic heterocycles. The number of nitrogens with zero attached hydrogens (tertiary/aromatic N) is 3. The fraction of sp³-hybridized carbons (Fsp3) is 0.933. The molecule has 0 amide bonds. The van der Waals surface area contributed by atoms with Gasteiger partial charge >= 0.3 is 0 Å². The van der Waals surface area contributed by atoms with E-state index in [0.717, 1.165) is 19.6 Å². The van der Waals surface area contributed by atoms with Crippen LogP contribution in [0.25, 0.3) is 0 Å². The molecule has 1 aliphatic heterocycles. The van der Waals surface area contributed by atoms with Crippen LogP contribution in [0.4, 0.5) is 0 Å². The van der Waals surface area contributed by atoms with Gasteiger partial charge in [-0.2, -0.15) is 0 Å². The minimum absolute atomic E-state index is 0. The van der Waals surface area contributed by atoms with Crippen molar-refractivity contribution in [3.05, 3.63) is 0 Å². The van der Waals surface area contributed by atoms with Gasteiger partial charge in [-0.05, 0) is 18.4 Å². The molecular weight excluding hydrogens is 377 g/mol. The molecule has 1 atom stereocenters. The molecule has 6 heteroatoms. The van der Waals surface area contributed by atoms with Crippen LogP contribution in [0.15, 0.2) is 4.99 Å². The van der Waals surface area contributed by atoms with E-state index >= 15 is 0 Å². The minimum Gasteiger partial charge on any atom is -0.370 e. The van der Waals surface area contributed by atoms with Crippen LogP contribution in [0.2, 0.25) is 0 Å². The molecule has 1 aliphatic rings. The lowest BCUT2D eigenvalue weighted by Gasteiger charge is -2.35. The number of aliphatic imine (C=N–C) groups is 1. The Balaban J connectivity index is 0.00000400.